The first-order valence-electron chi connectivity index (χ1n) is 4.80. The fourth-order valence-corrected chi connectivity index (χ4v) is 2.74. The number of carboxylic acids is 2. The standard InChI is InChI=1S/C10H14O7S/c1-3-5-10(6-4-2,9(13)14)7(8(11)12)18(15,16)17/h3-4,6-7H,1,5H2,2H3,(H,11,12)(H,13,14)(H,15,16,17)/b6-4-. The van der Waals surface area contributed by atoms with Crippen molar-refractivity contribution in [2.24, 2.45) is 5.41 Å². The molecule has 0 bridgehead atoms. The molecular formula is C10H14O7S. The van der Waals surface area contributed by atoms with Gasteiger partial charge in [0.2, 0.25) is 5.25 Å². The van der Waals surface area contributed by atoms with Gasteiger partial charge in [-0.15, -0.1) is 6.58 Å². The van der Waals surface area contributed by atoms with E-state index in [1.165, 1.54) is 13.0 Å². The highest BCUT2D eigenvalue weighted by atomic mass is 32.2. The SMILES string of the molecule is C=CCC(/C=C\C)(C(=O)O)C(C(=O)O)S(=O)(=O)O. The number of aliphatic carboxylic acids is 2. The highest BCUT2D eigenvalue weighted by Crippen LogP contribution is 2.34. The predicted octanol–water partition coefficient (Wildman–Crippen LogP) is 0.551. The first kappa shape index (κ1) is 16.3. The van der Waals surface area contributed by atoms with Gasteiger partial charge >= 0.3 is 11.9 Å². The van der Waals surface area contributed by atoms with Crippen molar-refractivity contribution in [3.63, 3.8) is 0 Å². The summed E-state index contributed by atoms with van der Waals surface area (Å²) in [7, 11) is -5.09. The number of allylic oxidation sites excluding steroid dienone is 2. The molecule has 0 aromatic heterocycles. The molecule has 8 heteroatoms. The summed E-state index contributed by atoms with van der Waals surface area (Å²) in [6.07, 6.45) is 2.75. The fraction of sp³-hybridized carbons (Fsp3) is 0.400. The minimum atomic E-state index is -5.09. The van der Waals surface area contributed by atoms with Gasteiger partial charge in [0.25, 0.3) is 10.1 Å². The Morgan fingerprint density at radius 2 is 1.89 bits per heavy atom. The van der Waals surface area contributed by atoms with Crippen LogP contribution >= 0.6 is 0 Å². The van der Waals surface area contributed by atoms with Crippen LogP contribution in [-0.2, 0) is 19.7 Å². The van der Waals surface area contributed by atoms with Crippen LogP contribution in [0.5, 0.6) is 0 Å². The third kappa shape index (κ3) is 3.17. The van der Waals surface area contributed by atoms with Gasteiger partial charge in [0.15, 0.2) is 0 Å². The maximum Gasteiger partial charge on any atom is 0.325 e. The Balaban J connectivity index is 6.18. The molecule has 0 rings (SSSR count). The van der Waals surface area contributed by atoms with Gasteiger partial charge in [-0.2, -0.15) is 8.42 Å². The van der Waals surface area contributed by atoms with Crippen LogP contribution in [0.25, 0.3) is 0 Å². The maximum absolute atomic E-state index is 11.3. The summed E-state index contributed by atoms with van der Waals surface area (Å²) in [4.78, 5) is 22.2. The van der Waals surface area contributed by atoms with E-state index in [2.05, 4.69) is 6.58 Å². The lowest BCUT2D eigenvalue weighted by molar-refractivity contribution is -0.152. The van der Waals surface area contributed by atoms with E-state index in [-0.39, 0.29) is 0 Å². The molecule has 0 heterocycles. The average molecular weight is 278 g/mol. The van der Waals surface area contributed by atoms with Crippen LogP contribution in [0.1, 0.15) is 13.3 Å². The summed E-state index contributed by atoms with van der Waals surface area (Å²) < 4.78 is 31.2. The Bertz CT molecular complexity index is 476. The Labute approximate surface area is 104 Å². The largest absolute Gasteiger partial charge is 0.481 e. The van der Waals surface area contributed by atoms with Gasteiger partial charge in [-0.1, -0.05) is 18.2 Å². The van der Waals surface area contributed by atoms with Crippen molar-refractivity contribution in [2.45, 2.75) is 18.6 Å². The molecular weight excluding hydrogens is 264 g/mol. The Morgan fingerprint density at radius 3 is 2.11 bits per heavy atom. The third-order valence-electron chi connectivity index (χ3n) is 2.33. The lowest BCUT2D eigenvalue weighted by Gasteiger charge is -2.28. The molecule has 0 amide bonds. The second kappa shape index (κ2) is 5.78. The molecule has 0 aliphatic heterocycles. The minimum Gasteiger partial charge on any atom is -0.481 e. The monoisotopic (exact) mass is 278 g/mol. The second-order valence-electron chi connectivity index (χ2n) is 3.57. The molecule has 0 aromatic rings. The molecule has 0 aliphatic rings. The molecule has 2 atom stereocenters. The number of hydrogen-bond acceptors (Lipinski definition) is 4. The molecule has 0 aliphatic carbocycles. The Morgan fingerprint density at radius 1 is 1.39 bits per heavy atom. The minimum absolute atomic E-state index is 0.455. The normalized spacial score (nSPS) is 17.0. The van der Waals surface area contributed by atoms with Crippen LogP contribution in [0.3, 0.4) is 0 Å². The van der Waals surface area contributed by atoms with E-state index in [1.807, 2.05) is 0 Å². The van der Waals surface area contributed by atoms with E-state index in [0.29, 0.717) is 0 Å². The quantitative estimate of drug-likeness (QED) is 0.458. The van der Waals surface area contributed by atoms with Gasteiger partial charge in [-0.05, 0) is 13.3 Å². The van der Waals surface area contributed by atoms with Gasteiger partial charge in [0.1, 0.15) is 5.41 Å². The second-order valence-corrected chi connectivity index (χ2v) is 5.07. The van der Waals surface area contributed by atoms with Crippen LogP contribution in [0.2, 0.25) is 0 Å². The van der Waals surface area contributed by atoms with E-state index in [4.69, 9.17) is 14.8 Å². The number of hydrogen-bond donors (Lipinski definition) is 3. The van der Waals surface area contributed by atoms with Crippen LogP contribution in [0.4, 0.5) is 0 Å². The van der Waals surface area contributed by atoms with Crippen molar-refractivity contribution < 1.29 is 32.8 Å². The molecule has 0 fully saturated rings. The zero-order chi connectivity index (χ0) is 14.6. The van der Waals surface area contributed by atoms with Gasteiger partial charge < -0.3 is 10.2 Å². The highest BCUT2D eigenvalue weighted by Gasteiger charge is 2.53. The maximum atomic E-state index is 11.3. The third-order valence-corrected chi connectivity index (χ3v) is 3.55. The van der Waals surface area contributed by atoms with E-state index in [9.17, 15) is 18.0 Å². The van der Waals surface area contributed by atoms with Gasteiger partial charge in [0, 0.05) is 0 Å². The first-order chi connectivity index (χ1) is 8.13. The van der Waals surface area contributed by atoms with Gasteiger partial charge in [-0.25, -0.2) is 0 Å². The van der Waals surface area contributed by atoms with Crippen molar-refractivity contribution in [3.8, 4) is 0 Å². The summed E-state index contributed by atoms with van der Waals surface area (Å²) >= 11 is 0. The molecule has 0 aromatic carbocycles. The van der Waals surface area contributed by atoms with Crippen LogP contribution in [-0.4, -0.2) is 40.4 Å². The van der Waals surface area contributed by atoms with Gasteiger partial charge in [0.05, 0.1) is 0 Å². The van der Waals surface area contributed by atoms with Crippen molar-refractivity contribution in [1.82, 2.24) is 0 Å². The summed E-state index contributed by atoms with van der Waals surface area (Å²) in [5.41, 5.74) is -2.30. The van der Waals surface area contributed by atoms with E-state index in [0.717, 1.165) is 12.2 Å². The van der Waals surface area contributed by atoms with Crippen LogP contribution in [0.15, 0.2) is 24.8 Å². The van der Waals surface area contributed by atoms with Gasteiger partial charge in [-0.3, -0.25) is 14.1 Å². The van der Waals surface area contributed by atoms with E-state index < -0.39 is 39.1 Å². The van der Waals surface area contributed by atoms with Crippen LogP contribution < -0.4 is 0 Å². The summed E-state index contributed by atoms with van der Waals surface area (Å²) in [5.74, 6) is -3.62. The molecule has 102 valence electrons. The van der Waals surface area contributed by atoms with E-state index >= 15 is 0 Å². The molecule has 0 saturated carbocycles. The first-order valence-corrected chi connectivity index (χ1v) is 6.31. The lowest BCUT2D eigenvalue weighted by Crippen LogP contribution is -2.49. The molecule has 0 radical (unpaired) electrons. The fourth-order valence-electron chi connectivity index (χ4n) is 1.68. The summed E-state index contributed by atoms with van der Waals surface area (Å²) in [5, 5.41) is 15.5. The number of carbonyl (C=O) groups is 2. The van der Waals surface area contributed by atoms with Crippen LogP contribution in [0, 0.1) is 5.41 Å². The van der Waals surface area contributed by atoms with Crippen molar-refractivity contribution >= 4 is 22.1 Å². The highest BCUT2D eigenvalue weighted by molar-refractivity contribution is 7.87. The average Bonchev–Trinajstić information content (AvgIpc) is 2.14. The molecule has 18 heavy (non-hydrogen) atoms. The topological polar surface area (TPSA) is 129 Å². The smallest absolute Gasteiger partial charge is 0.325 e. The Kier molecular flexibility index (Phi) is 5.25. The van der Waals surface area contributed by atoms with Crippen molar-refractivity contribution in [3.05, 3.63) is 24.8 Å². The summed E-state index contributed by atoms with van der Waals surface area (Å²) in [6.45, 7) is 4.67. The lowest BCUT2D eigenvalue weighted by atomic mass is 9.80. The summed E-state index contributed by atoms with van der Waals surface area (Å²) in [6, 6.07) is 0. The zero-order valence-corrected chi connectivity index (χ0v) is 10.4. The molecule has 3 N–H and O–H groups in total. The Hall–Kier alpha value is -1.67. The number of carboxylic acid groups (broad SMARTS) is 2. The zero-order valence-electron chi connectivity index (χ0n) is 9.61. The van der Waals surface area contributed by atoms with Crippen molar-refractivity contribution in [2.75, 3.05) is 0 Å². The number of rotatable bonds is 7. The predicted molar refractivity (Wildman–Crippen MR) is 62.7 cm³/mol. The van der Waals surface area contributed by atoms with E-state index in [1.54, 1.807) is 0 Å². The van der Waals surface area contributed by atoms with Crippen molar-refractivity contribution in [1.29, 1.82) is 0 Å². The molecule has 0 spiro atoms. The molecule has 2 unspecified atom stereocenters. The molecule has 0 saturated heterocycles. The molecule has 7 nitrogen and oxygen atoms in total.